The predicted molar refractivity (Wildman–Crippen MR) is 175 cm³/mol. The summed E-state index contributed by atoms with van der Waals surface area (Å²) in [5.74, 6) is -2.02. The summed E-state index contributed by atoms with van der Waals surface area (Å²) in [6.07, 6.45) is -0.853. The molecule has 9 nitrogen and oxygen atoms in total. The molecule has 2 atom stereocenters. The minimum atomic E-state index is -3.86. The van der Waals surface area contributed by atoms with E-state index in [1.807, 2.05) is 0 Å². The summed E-state index contributed by atoms with van der Waals surface area (Å²) >= 11 is 3.42. The molecule has 0 saturated carbocycles. The molecule has 0 spiro atoms. The zero-order valence-corrected chi connectivity index (χ0v) is 27.4. The second-order valence-electron chi connectivity index (χ2n) is 10.8. The number of carbonyl (C=O) groups excluding carboxylic acids is 1. The summed E-state index contributed by atoms with van der Waals surface area (Å²) in [4.78, 5) is 19.1. The summed E-state index contributed by atoms with van der Waals surface area (Å²) in [7, 11) is -3.86. The molecule has 13 heteroatoms. The number of aliphatic hydroxyl groups excluding tert-OH is 1. The first-order valence-electron chi connectivity index (χ1n) is 14.7. The molecular formula is C34H32BrF2N3O6S. The third-order valence-electron chi connectivity index (χ3n) is 7.55. The van der Waals surface area contributed by atoms with E-state index in [2.05, 4.69) is 26.8 Å². The minimum Gasteiger partial charge on any atom is -0.494 e. The van der Waals surface area contributed by atoms with Crippen molar-refractivity contribution in [1.82, 2.24) is 10.9 Å². The van der Waals surface area contributed by atoms with Crippen LogP contribution in [0.2, 0.25) is 0 Å². The normalized spacial score (nSPS) is 17.5. The summed E-state index contributed by atoms with van der Waals surface area (Å²) in [6, 6.07) is 24.9. The van der Waals surface area contributed by atoms with Crippen LogP contribution < -0.4 is 15.6 Å². The van der Waals surface area contributed by atoms with Crippen LogP contribution in [0.5, 0.6) is 5.75 Å². The van der Waals surface area contributed by atoms with E-state index in [1.165, 1.54) is 18.2 Å². The van der Waals surface area contributed by atoms with E-state index in [1.54, 1.807) is 66.7 Å². The molecule has 3 N–H and O–H groups in total. The highest BCUT2D eigenvalue weighted by atomic mass is 79.9. The molecule has 0 bridgehead atoms. The number of aliphatic hydroxyl groups is 1. The van der Waals surface area contributed by atoms with Gasteiger partial charge >= 0.3 is 0 Å². The van der Waals surface area contributed by atoms with Crippen molar-refractivity contribution in [2.24, 2.45) is 4.99 Å². The predicted octanol–water partition coefficient (Wildman–Crippen LogP) is 5.43. The Bertz CT molecular complexity index is 1830. The molecule has 1 aliphatic heterocycles. The van der Waals surface area contributed by atoms with E-state index in [9.17, 15) is 22.0 Å². The van der Waals surface area contributed by atoms with Gasteiger partial charge in [-0.1, -0.05) is 52.3 Å². The number of hydrogen-bond acceptors (Lipinski definition) is 8. The summed E-state index contributed by atoms with van der Waals surface area (Å²) in [5, 5.41) is 9.03. The maximum Gasteiger partial charge on any atom is 0.266 e. The van der Waals surface area contributed by atoms with Crippen LogP contribution in [-0.4, -0.2) is 49.8 Å². The molecule has 1 heterocycles. The van der Waals surface area contributed by atoms with Crippen molar-refractivity contribution < 1.29 is 36.6 Å². The monoisotopic (exact) mass is 727 g/mol. The molecule has 0 radical (unpaired) electrons. The van der Waals surface area contributed by atoms with Crippen LogP contribution in [0.4, 0.5) is 8.78 Å². The van der Waals surface area contributed by atoms with Crippen LogP contribution in [0.1, 0.15) is 35.6 Å². The number of nitrogens with zero attached hydrogens (tertiary/aromatic N) is 1. The lowest BCUT2D eigenvalue weighted by atomic mass is 9.85. The Morgan fingerprint density at radius 1 is 1.00 bits per heavy atom. The number of ether oxygens (including phenoxy) is 2. The molecule has 47 heavy (non-hydrogen) atoms. The van der Waals surface area contributed by atoms with Crippen molar-refractivity contribution in [3.63, 3.8) is 0 Å². The standard InChI is InChI=1S/C34H32BrF2N3O6S/c35-26-12-7-23(8-13-26)31-34(17-20-47(43,44)29-5-2-1-3-6-29,33(42)40-38-22-25-9-14-27(36)21-30(25)37)39-32(46-31)24-10-15-28(16-11-24)45-19-4-18-41/h1-3,5-16,21,31,38,41H,4,17-20,22H2,(H,40,42)/t31-,34-/m0/s1. The highest BCUT2D eigenvalue weighted by Crippen LogP contribution is 2.43. The van der Waals surface area contributed by atoms with Gasteiger partial charge in [0, 0.05) is 47.7 Å². The number of benzene rings is 4. The summed E-state index contributed by atoms with van der Waals surface area (Å²) in [5.41, 5.74) is 4.64. The second-order valence-corrected chi connectivity index (χ2v) is 13.8. The van der Waals surface area contributed by atoms with E-state index in [0.717, 1.165) is 16.6 Å². The molecule has 0 unspecified atom stereocenters. The fourth-order valence-electron chi connectivity index (χ4n) is 5.04. The molecule has 1 amide bonds. The van der Waals surface area contributed by atoms with E-state index >= 15 is 0 Å². The lowest BCUT2D eigenvalue weighted by Gasteiger charge is -2.30. The van der Waals surface area contributed by atoms with E-state index < -0.39 is 44.8 Å². The number of rotatable bonds is 14. The highest BCUT2D eigenvalue weighted by Gasteiger charge is 2.53. The molecule has 5 rings (SSSR count). The van der Waals surface area contributed by atoms with Gasteiger partial charge in [-0.15, -0.1) is 0 Å². The average molecular weight is 729 g/mol. The van der Waals surface area contributed by atoms with Crippen molar-refractivity contribution in [1.29, 1.82) is 0 Å². The van der Waals surface area contributed by atoms with Crippen LogP contribution in [-0.2, 0) is 25.9 Å². The van der Waals surface area contributed by atoms with Crippen molar-refractivity contribution in [2.75, 3.05) is 19.0 Å². The van der Waals surface area contributed by atoms with Gasteiger partial charge in [-0.25, -0.2) is 27.6 Å². The molecule has 0 saturated heterocycles. The quantitative estimate of drug-likeness (QED) is 0.117. The number of aliphatic imine (C=N–C) groups is 1. The summed E-state index contributed by atoms with van der Waals surface area (Å²) in [6.45, 7) is 0.138. The molecule has 1 aliphatic rings. The van der Waals surface area contributed by atoms with E-state index in [0.29, 0.717) is 29.9 Å². The van der Waals surface area contributed by atoms with Crippen molar-refractivity contribution in [3.05, 3.63) is 130 Å². The fraction of sp³-hybridized carbons (Fsp3) is 0.235. The zero-order chi connectivity index (χ0) is 33.4. The number of nitrogens with one attached hydrogen (secondary N) is 2. The maximum absolute atomic E-state index is 14.3. The number of hydrogen-bond donors (Lipinski definition) is 3. The maximum atomic E-state index is 14.3. The molecule has 0 aliphatic carbocycles. The number of halogens is 3. The van der Waals surface area contributed by atoms with Crippen LogP contribution in [0, 0.1) is 11.6 Å². The van der Waals surface area contributed by atoms with Gasteiger partial charge in [0.25, 0.3) is 5.91 Å². The van der Waals surface area contributed by atoms with Crippen LogP contribution >= 0.6 is 15.9 Å². The third-order valence-corrected chi connectivity index (χ3v) is 9.81. The number of sulfone groups is 1. The van der Waals surface area contributed by atoms with Crippen molar-refractivity contribution in [2.45, 2.75) is 35.9 Å². The van der Waals surface area contributed by atoms with Crippen LogP contribution in [0.25, 0.3) is 0 Å². The molecule has 246 valence electrons. The third kappa shape index (κ3) is 8.22. The van der Waals surface area contributed by atoms with E-state index in [-0.39, 0.29) is 35.9 Å². The van der Waals surface area contributed by atoms with Gasteiger partial charge in [-0.3, -0.25) is 10.2 Å². The van der Waals surface area contributed by atoms with Gasteiger partial charge in [-0.05, 0) is 60.2 Å². The van der Waals surface area contributed by atoms with Gasteiger partial charge in [0.1, 0.15) is 17.4 Å². The Hall–Kier alpha value is -4.17. The van der Waals surface area contributed by atoms with Gasteiger partial charge in [0.05, 0.1) is 17.3 Å². The first-order valence-corrected chi connectivity index (χ1v) is 17.2. The lowest BCUT2D eigenvalue weighted by molar-refractivity contribution is -0.130. The lowest BCUT2D eigenvalue weighted by Crippen LogP contribution is -2.53. The van der Waals surface area contributed by atoms with Gasteiger partial charge < -0.3 is 14.6 Å². The summed E-state index contributed by atoms with van der Waals surface area (Å²) < 4.78 is 67.5. The Kier molecular flexibility index (Phi) is 11.0. The molecule has 4 aromatic carbocycles. The number of amides is 1. The van der Waals surface area contributed by atoms with Gasteiger partial charge in [-0.2, -0.15) is 0 Å². The SMILES string of the molecule is O=C(NNCc1ccc(F)cc1F)[C@@]1(CCS(=O)(=O)c2ccccc2)N=C(c2ccc(OCCCO)cc2)O[C@H]1c1ccc(Br)cc1. The van der Waals surface area contributed by atoms with Gasteiger partial charge in [0.2, 0.25) is 5.90 Å². The fourth-order valence-corrected chi connectivity index (χ4v) is 6.69. The highest BCUT2D eigenvalue weighted by molar-refractivity contribution is 9.10. The number of hydrazine groups is 1. The van der Waals surface area contributed by atoms with Gasteiger partial charge in [0.15, 0.2) is 21.5 Å². The van der Waals surface area contributed by atoms with E-state index in [4.69, 9.17) is 19.6 Å². The Morgan fingerprint density at radius 2 is 1.72 bits per heavy atom. The Balaban J connectivity index is 1.51. The van der Waals surface area contributed by atoms with Crippen molar-refractivity contribution in [3.8, 4) is 5.75 Å². The first-order chi connectivity index (χ1) is 22.6. The molecule has 0 fully saturated rings. The zero-order valence-electron chi connectivity index (χ0n) is 25.0. The molecule has 0 aromatic heterocycles. The topological polar surface area (TPSA) is 126 Å². The molecule has 4 aromatic rings. The number of carbonyl (C=O) groups is 1. The van der Waals surface area contributed by atoms with Crippen molar-refractivity contribution >= 4 is 37.6 Å². The first kappa shape index (κ1) is 34.2. The second kappa shape index (κ2) is 15.2. The average Bonchev–Trinajstić information content (AvgIpc) is 3.47. The Morgan fingerprint density at radius 3 is 2.40 bits per heavy atom. The molecular weight excluding hydrogens is 696 g/mol. The largest absolute Gasteiger partial charge is 0.494 e. The van der Waals surface area contributed by atoms with Crippen LogP contribution in [0.15, 0.2) is 111 Å². The minimum absolute atomic E-state index is 0.00197. The Labute approximate surface area is 279 Å². The smallest absolute Gasteiger partial charge is 0.266 e. The van der Waals surface area contributed by atoms with Crippen LogP contribution in [0.3, 0.4) is 0 Å².